The Balaban J connectivity index is 2.09. The number of rotatable bonds is 4. The van der Waals surface area contributed by atoms with Gasteiger partial charge in [0.1, 0.15) is 12.4 Å². The lowest BCUT2D eigenvalue weighted by Gasteiger charge is -2.21. The van der Waals surface area contributed by atoms with Crippen LogP contribution in [0.15, 0.2) is 18.2 Å². The van der Waals surface area contributed by atoms with Crippen molar-refractivity contribution in [2.75, 3.05) is 25.0 Å². The van der Waals surface area contributed by atoms with Crippen molar-refractivity contribution in [3.63, 3.8) is 0 Å². The number of fused-ring (bicyclic) bond motifs is 1. The molecule has 2 rings (SSSR count). The van der Waals surface area contributed by atoms with Crippen LogP contribution in [0.5, 0.6) is 5.75 Å². The monoisotopic (exact) mass is 206 g/mol. The lowest BCUT2D eigenvalue weighted by molar-refractivity contribution is 0.319. The van der Waals surface area contributed by atoms with Crippen molar-refractivity contribution in [1.82, 2.24) is 5.32 Å². The van der Waals surface area contributed by atoms with E-state index in [0.717, 1.165) is 44.1 Å². The molecule has 0 amide bonds. The smallest absolute Gasteiger partial charge is 0.146 e. The van der Waals surface area contributed by atoms with Crippen molar-refractivity contribution >= 4 is 5.69 Å². The Morgan fingerprint density at radius 1 is 1.47 bits per heavy atom. The van der Waals surface area contributed by atoms with E-state index in [1.54, 1.807) is 0 Å². The van der Waals surface area contributed by atoms with Gasteiger partial charge in [0, 0.05) is 18.7 Å². The van der Waals surface area contributed by atoms with Crippen LogP contribution in [0.2, 0.25) is 0 Å². The van der Waals surface area contributed by atoms with Crippen LogP contribution in [-0.4, -0.2) is 19.7 Å². The second kappa shape index (κ2) is 5.03. The quantitative estimate of drug-likeness (QED) is 0.739. The molecule has 0 saturated carbocycles. The molecule has 82 valence electrons. The van der Waals surface area contributed by atoms with Gasteiger partial charge >= 0.3 is 0 Å². The molecule has 0 spiro atoms. The van der Waals surface area contributed by atoms with Gasteiger partial charge in [-0.05, 0) is 19.0 Å². The minimum atomic E-state index is 0.762. The average Bonchev–Trinajstić information content (AvgIpc) is 2.30. The summed E-state index contributed by atoms with van der Waals surface area (Å²) in [5.41, 5.74) is 2.37. The van der Waals surface area contributed by atoms with Gasteiger partial charge in [0.05, 0.1) is 5.69 Å². The number of hydrogen-bond acceptors (Lipinski definition) is 3. The summed E-state index contributed by atoms with van der Waals surface area (Å²) >= 11 is 0. The molecule has 1 aromatic carbocycles. The van der Waals surface area contributed by atoms with Gasteiger partial charge < -0.3 is 15.4 Å². The van der Waals surface area contributed by atoms with E-state index in [4.69, 9.17) is 4.74 Å². The van der Waals surface area contributed by atoms with Crippen LogP contribution in [0, 0.1) is 0 Å². The zero-order valence-electron chi connectivity index (χ0n) is 9.18. The number of benzene rings is 1. The van der Waals surface area contributed by atoms with Crippen LogP contribution in [0.3, 0.4) is 0 Å². The van der Waals surface area contributed by atoms with Crippen LogP contribution >= 0.6 is 0 Å². The molecule has 3 nitrogen and oxygen atoms in total. The molecule has 0 atom stereocenters. The van der Waals surface area contributed by atoms with E-state index in [9.17, 15) is 0 Å². The summed E-state index contributed by atoms with van der Waals surface area (Å²) in [6.07, 6.45) is 1.16. The SMILES string of the molecule is CCCNCc1cccc2c1OCCN2. The molecule has 0 bridgehead atoms. The van der Waals surface area contributed by atoms with Crippen LogP contribution < -0.4 is 15.4 Å². The Hall–Kier alpha value is -1.22. The first kappa shape index (κ1) is 10.3. The maximum Gasteiger partial charge on any atom is 0.146 e. The third-order valence-electron chi connectivity index (χ3n) is 2.50. The maximum atomic E-state index is 5.68. The molecule has 0 radical (unpaired) electrons. The summed E-state index contributed by atoms with van der Waals surface area (Å²) in [7, 11) is 0. The lowest BCUT2D eigenvalue weighted by Crippen LogP contribution is -2.21. The minimum absolute atomic E-state index is 0.762. The van der Waals surface area contributed by atoms with Gasteiger partial charge in [0.25, 0.3) is 0 Å². The first-order valence-electron chi connectivity index (χ1n) is 5.61. The molecule has 1 aliphatic heterocycles. The number of ether oxygens (including phenoxy) is 1. The van der Waals surface area contributed by atoms with Gasteiger partial charge in [-0.15, -0.1) is 0 Å². The highest BCUT2D eigenvalue weighted by Gasteiger charge is 2.12. The van der Waals surface area contributed by atoms with Gasteiger partial charge in [-0.25, -0.2) is 0 Å². The van der Waals surface area contributed by atoms with E-state index in [1.165, 1.54) is 5.56 Å². The van der Waals surface area contributed by atoms with Crippen LogP contribution in [-0.2, 0) is 6.54 Å². The minimum Gasteiger partial charge on any atom is -0.489 e. The number of para-hydroxylation sites is 1. The largest absolute Gasteiger partial charge is 0.489 e. The van der Waals surface area contributed by atoms with Gasteiger partial charge in [-0.3, -0.25) is 0 Å². The van der Waals surface area contributed by atoms with Gasteiger partial charge in [-0.1, -0.05) is 19.1 Å². The first-order chi connectivity index (χ1) is 7.42. The summed E-state index contributed by atoms with van der Waals surface area (Å²) < 4.78 is 5.68. The van der Waals surface area contributed by atoms with E-state index >= 15 is 0 Å². The number of nitrogens with one attached hydrogen (secondary N) is 2. The highest BCUT2D eigenvalue weighted by atomic mass is 16.5. The fourth-order valence-corrected chi connectivity index (χ4v) is 1.77. The zero-order valence-corrected chi connectivity index (χ0v) is 9.18. The predicted molar refractivity (Wildman–Crippen MR) is 62.4 cm³/mol. The Morgan fingerprint density at radius 3 is 3.27 bits per heavy atom. The van der Waals surface area contributed by atoms with Crippen molar-refractivity contribution in [1.29, 1.82) is 0 Å². The lowest BCUT2D eigenvalue weighted by atomic mass is 10.1. The van der Waals surface area contributed by atoms with Crippen molar-refractivity contribution in [3.05, 3.63) is 23.8 Å². The highest BCUT2D eigenvalue weighted by molar-refractivity contribution is 5.61. The molecular weight excluding hydrogens is 188 g/mol. The Bertz CT molecular complexity index is 325. The summed E-state index contributed by atoms with van der Waals surface area (Å²) in [5, 5.41) is 6.73. The number of anilines is 1. The second-order valence-corrected chi connectivity index (χ2v) is 3.75. The molecule has 15 heavy (non-hydrogen) atoms. The van der Waals surface area contributed by atoms with Gasteiger partial charge in [0.15, 0.2) is 0 Å². The molecule has 3 heteroatoms. The van der Waals surface area contributed by atoms with Crippen molar-refractivity contribution in [2.45, 2.75) is 19.9 Å². The van der Waals surface area contributed by atoms with E-state index in [-0.39, 0.29) is 0 Å². The van der Waals surface area contributed by atoms with Crippen LogP contribution in [0.4, 0.5) is 5.69 Å². The summed E-state index contributed by atoms with van der Waals surface area (Å²) in [6, 6.07) is 6.26. The molecular formula is C12H18N2O. The predicted octanol–water partition coefficient (Wildman–Crippen LogP) is 1.99. The van der Waals surface area contributed by atoms with E-state index < -0.39 is 0 Å². The first-order valence-corrected chi connectivity index (χ1v) is 5.61. The fraction of sp³-hybridized carbons (Fsp3) is 0.500. The summed E-state index contributed by atoms with van der Waals surface area (Å²) in [4.78, 5) is 0. The molecule has 0 aliphatic carbocycles. The highest BCUT2D eigenvalue weighted by Crippen LogP contribution is 2.30. The summed E-state index contributed by atoms with van der Waals surface area (Å²) in [5.74, 6) is 1.02. The van der Waals surface area contributed by atoms with E-state index in [2.05, 4.69) is 35.8 Å². The normalized spacial score (nSPS) is 13.9. The second-order valence-electron chi connectivity index (χ2n) is 3.75. The molecule has 0 fully saturated rings. The van der Waals surface area contributed by atoms with Gasteiger partial charge in [0.2, 0.25) is 0 Å². The molecule has 0 saturated heterocycles. The Morgan fingerprint density at radius 2 is 2.40 bits per heavy atom. The summed E-state index contributed by atoms with van der Waals surface area (Å²) in [6.45, 7) is 5.78. The molecule has 1 heterocycles. The zero-order chi connectivity index (χ0) is 10.5. The van der Waals surface area contributed by atoms with Crippen molar-refractivity contribution < 1.29 is 4.74 Å². The van der Waals surface area contributed by atoms with E-state index in [1.807, 2.05) is 0 Å². The third kappa shape index (κ3) is 2.42. The molecule has 0 unspecified atom stereocenters. The van der Waals surface area contributed by atoms with E-state index in [0.29, 0.717) is 0 Å². The topological polar surface area (TPSA) is 33.3 Å². The standard InChI is InChI=1S/C12H18N2O/c1-2-6-13-9-10-4-3-5-11-12(10)15-8-7-14-11/h3-5,13-14H,2,6-9H2,1H3. The van der Waals surface area contributed by atoms with Crippen molar-refractivity contribution in [2.24, 2.45) is 0 Å². The average molecular weight is 206 g/mol. The third-order valence-corrected chi connectivity index (χ3v) is 2.50. The fourth-order valence-electron chi connectivity index (χ4n) is 1.77. The molecule has 0 aromatic heterocycles. The number of hydrogen-bond donors (Lipinski definition) is 2. The molecule has 1 aromatic rings. The molecule has 2 N–H and O–H groups in total. The Labute approximate surface area is 90.8 Å². The van der Waals surface area contributed by atoms with Crippen LogP contribution in [0.1, 0.15) is 18.9 Å². The van der Waals surface area contributed by atoms with Gasteiger partial charge in [-0.2, -0.15) is 0 Å². The Kier molecular flexibility index (Phi) is 3.45. The van der Waals surface area contributed by atoms with Crippen molar-refractivity contribution in [3.8, 4) is 5.75 Å². The molecule has 1 aliphatic rings. The van der Waals surface area contributed by atoms with Crippen LogP contribution in [0.25, 0.3) is 0 Å². The maximum absolute atomic E-state index is 5.68.